The van der Waals surface area contributed by atoms with Crippen molar-refractivity contribution in [3.8, 4) is 0 Å². The Morgan fingerprint density at radius 3 is 2.09 bits per heavy atom. The standard InChI is InChI=1S/C8H14ClNO/c1-6-4-3-5-7(2)10(6)8(9)11/h6-7H,3-5H2,1-2H3/t6-,7-/m1/s1. The number of amides is 1. The third-order valence-electron chi connectivity index (χ3n) is 2.40. The molecule has 1 heterocycles. The molecule has 0 spiro atoms. The molecule has 0 unspecified atom stereocenters. The van der Waals surface area contributed by atoms with Crippen molar-refractivity contribution in [1.82, 2.24) is 4.90 Å². The summed E-state index contributed by atoms with van der Waals surface area (Å²) in [7, 11) is 0. The lowest BCUT2D eigenvalue weighted by Gasteiger charge is -2.37. The van der Waals surface area contributed by atoms with Crippen LogP contribution in [0.4, 0.5) is 4.79 Å². The van der Waals surface area contributed by atoms with Gasteiger partial charge < -0.3 is 4.90 Å². The summed E-state index contributed by atoms with van der Waals surface area (Å²) >= 11 is 5.43. The molecule has 1 aliphatic rings. The fraction of sp³-hybridized carbons (Fsp3) is 0.875. The highest BCUT2D eigenvalue weighted by Crippen LogP contribution is 2.23. The summed E-state index contributed by atoms with van der Waals surface area (Å²) < 4.78 is 0. The SMILES string of the molecule is C[C@@H]1CCC[C@@H](C)N1C(=O)Cl. The zero-order chi connectivity index (χ0) is 8.43. The van der Waals surface area contributed by atoms with E-state index in [-0.39, 0.29) is 5.37 Å². The van der Waals surface area contributed by atoms with E-state index in [1.807, 2.05) is 0 Å². The van der Waals surface area contributed by atoms with Crippen LogP contribution in [0.5, 0.6) is 0 Å². The van der Waals surface area contributed by atoms with E-state index in [1.165, 1.54) is 6.42 Å². The van der Waals surface area contributed by atoms with Gasteiger partial charge in [-0.3, -0.25) is 4.79 Å². The number of halogens is 1. The van der Waals surface area contributed by atoms with Crippen molar-refractivity contribution < 1.29 is 4.79 Å². The summed E-state index contributed by atoms with van der Waals surface area (Å²) in [5, 5.41) is -0.301. The Bertz CT molecular complexity index is 150. The zero-order valence-electron chi connectivity index (χ0n) is 7.01. The molecule has 0 saturated carbocycles. The maximum absolute atomic E-state index is 10.9. The van der Waals surface area contributed by atoms with Gasteiger partial charge in [0.05, 0.1) is 0 Å². The molecule has 0 aromatic heterocycles. The first-order valence-corrected chi connectivity index (χ1v) is 4.48. The van der Waals surface area contributed by atoms with Crippen LogP contribution in [-0.2, 0) is 0 Å². The molecule has 3 heteroatoms. The van der Waals surface area contributed by atoms with Gasteiger partial charge in [-0.1, -0.05) is 0 Å². The van der Waals surface area contributed by atoms with Crippen LogP contribution < -0.4 is 0 Å². The topological polar surface area (TPSA) is 20.3 Å². The molecule has 0 aromatic carbocycles. The van der Waals surface area contributed by atoms with E-state index in [0.29, 0.717) is 12.1 Å². The fourth-order valence-corrected chi connectivity index (χ4v) is 2.10. The first-order chi connectivity index (χ1) is 5.13. The predicted molar refractivity (Wildman–Crippen MR) is 45.9 cm³/mol. The lowest BCUT2D eigenvalue weighted by molar-refractivity contribution is 0.141. The number of carbonyl (C=O) groups excluding carboxylic acids is 1. The summed E-state index contributed by atoms with van der Waals surface area (Å²) in [6.45, 7) is 4.10. The molecule has 0 bridgehead atoms. The Morgan fingerprint density at radius 1 is 1.36 bits per heavy atom. The normalized spacial score (nSPS) is 32.1. The molecular weight excluding hydrogens is 162 g/mol. The molecule has 64 valence electrons. The summed E-state index contributed by atoms with van der Waals surface area (Å²) in [5.41, 5.74) is 0. The van der Waals surface area contributed by atoms with E-state index in [4.69, 9.17) is 11.6 Å². The molecule has 1 aliphatic heterocycles. The Hall–Kier alpha value is -0.240. The number of hydrogen-bond donors (Lipinski definition) is 0. The Labute approximate surface area is 72.5 Å². The second kappa shape index (κ2) is 3.44. The summed E-state index contributed by atoms with van der Waals surface area (Å²) in [6.07, 6.45) is 3.38. The maximum atomic E-state index is 10.9. The molecule has 0 aromatic rings. The molecule has 0 N–H and O–H groups in total. The zero-order valence-corrected chi connectivity index (χ0v) is 7.77. The molecule has 11 heavy (non-hydrogen) atoms. The molecule has 2 nitrogen and oxygen atoms in total. The Balaban J connectivity index is 2.62. The minimum atomic E-state index is -0.301. The highest BCUT2D eigenvalue weighted by Gasteiger charge is 2.27. The van der Waals surface area contributed by atoms with E-state index in [0.717, 1.165) is 12.8 Å². The van der Waals surface area contributed by atoms with Gasteiger partial charge in [-0.15, -0.1) is 0 Å². The number of hydrogen-bond acceptors (Lipinski definition) is 1. The van der Waals surface area contributed by atoms with Crippen molar-refractivity contribution in [3.05, 3.63) is 0 Å². The van der Waals surface area contributed by atoms with Gasteiger partial charge in [0.15, 0.2) is 0 Å². The monoisotopic (exact) mass is 175 g/mol. The third kappa shape index (κ3) is 1.86. The lowest BCUT2D eigenvalue weighted by Crippen LogP contribution is -2.45. The van der Waals surface area contributed by atoms with Gasteiger partial charge >= 0.3 is 5.37 Å². The number of piperidine rings is 1. The smallest absolute Gasteiger partial charge is 0.316 e. The van der Waals surface area contributed by atoms with E-state index >= 15 is 0 Å². The van der Waals surface area contributed by atoms with Gasteiger partial charge in [0.25, 0.3) is 0 Å². The molecule has 0 aliphatic carbocycles. The van der Waals surface area contributed by atoms with Crippen LogP contribution in [0.25, 0.3) is 0 Å². The van der Waals surface area contributed by atoms with Crippen LogP contribution in [0.2, 0.25) is 0 Å². The van der Waals surface area contributed by atoms with Gasteiger partial charge in [-0.05, 0) is 44.7 Å². The summed E-state index contributed by atoms with van der Waals surface area (Å²) in [5.74, 6) is 0. The highest BCUT2D eigenvalue weighted by atomic mass is 35.5. The van der Waals surface area contributed by atoms with Crippen LogP contribution >= 0.6 is 11.6 Å². The van der Waals surface area contributed by atoms with Crippen LogP contribution in [-0.4, -0.2) is 22.3 Å². The van der Waals surface area contributed by atoms with Crippen LogP contribution in [0.3, 0.4) is 0 Å². The van der Waals surface area contributed by atoms with E-state index < -0.39 is 0 Å². The minimum absolute atomic E-state index is 0.301. The van der Waals surface area contributed by atoms with Gasteiger partial charge in [0.2, 0.25) is 0 Å². The van der Waals surface area contributed by atoms with Gasteiger partial charge in [0, 0.05) is 12.1 Å². The molecule has 1 rings (SSSR count). The second-order valence-corrected chi connectivity index (χ2v) is 3.61. The summed E-state index contributed by atoms with van der Waals surface area (Å²) in [4.78, 5) is 12.7. The van der Waals surface area contributed by atoms with Crippen molar-refractivity contribution in [2.75, 3.05) is 0 Å². The summed E-state index contributed by atoms with van der Waals surface area (Å²) in [6, 6.07) is 0.646. The maximum Gasteiger partial charge on any atom is 0.316 e. The first-order valence-electron chi connectivity index (χ1n) is 4.10. The Kier molecular flexibility index (Phi) is 2.77. The average molecular weight is 176 g/mol. The highest BCUT2D eigenvalue weighted by molar-refractivity contribution is 6.62. The quantitative estimate of drug-likeness (QED) is 0.410. The molecule has 0 radical (unpaired) electrons. The second-order valence-electron chi connectivity index (χ2n) is 3.29. The van der Waals surface area contributed by atoms with Crippen LogP contribution in [0.15, 0.2) is 0 Å². The minimum Gasteiger partial charge on any atom is -0.324 e. The lowest BCUT2D eigenvalue weighted by atomic mass is 9.99. The molecule has 1 saturated heterocycles. The van der Waals surface area contributed by atoms with Crippen molar-refractivity contribution in [2.45, 2.75) is 45.2 Å². The predicted octanol–water partition coefficient (Wildman–Crippen LogP) is 2.61. The van der Waals surface area contributed by atoms with E-state index in [2.05, 4.69) is 13.8 Å². The number of likely N-dealkylation sites (tertiary alicyclic amines) is 1. The fourth-order valence-electron chi connectivity index (χ4n) is 1.77. The van der Waals surface area contributed by atoms with Crippen molar-refractivity contribution in [1.29, 1.82) is 0 Å². The van der Waals surface area contributed by atoms with E-state index in [9.17, 15) is 4.79 Å². The molecule has 1 amide bonds. The van der Waals surface area contributed by atoms with Gasteiger partial charge in [-0.2, -0.15) is 0 Å². The van der Waals surface area contributed by atoms with Crippen LogP contribution in [0, 0.1) is 0 Å². The molecular formula is C8H14ClNO. The number of carbonyl (C=O) groups is 1. The van der Waals surface area contributed by atoms with Gasteiger partial charge in [-0.25, -0.2) is 0 Å². The third-order valence-corrected chi connectivity index (χ3v) is 2.59. The van der Waals surface area contributed by atoms with Crippen molar-refractivity contribution in [3.63, 3.8) is 0 Å². The van der Waals surface area contributed by atoms with E-state index in [1.54, 1.807) is 4.90 Å². The Morgan fingerprint density at radius 2 is 1.82 bits per heavy atom. The largest absolute Gasteiger partial charge is 0.324 e. The van der Waals surface area contributed by atoms with Crippen molar-refractivity contribution >= 4 is 17.0 Å². The average Bonchev–Trinajstić information content (AvgIpc) is 1.85. The van der Waals surface area contributed by atoms with Gasteiger partial charge in [0.1, 0.15) is 0 Å². The number of nitrogens with zero attached hydrogens (tertiary/aromatic N) is 1. The number of rotatable bonds is 0. The van der Waals surface area contributed by atoms with Crippen LogP contribution in [0.1, 0.15) is 33.1 Å². The molecule has 2 atom stereocenters. The first kappa shape index (κ1) is 8.85. The molecule has 1 fully saturated rings. The van der Waals surface area contributed by atoms with Crippen molar-refractivity contribution in [2.24, 2.45) is 0 Å².